The Hall–Kier alpha value is -2.07. The third-order valence-electron chi connectivity index (χ3n) is 3.49. The molecule has 2 aromatic heterocycles. The van der Waals surface area contributed by atoms with Crippen LogP contribution in [-0.2, 0) is 13.6 Å². The van der Waals surface area contributed by atoms with Gasteiger partial charge in [-0.15, -0.1) is 0 Å². The van der Waals surface area contributed by atoms with Gasteiger partial charge < -0.3 is 14.9 Å². The first kappa shape index (κ1) is 12.0. The number of aryl methyl sites for hydroxylation is 2. The van der Waals surface area contributed by atoms with Crippen molar-refractivity contribution in [2.75, 3.05) is 7.05 Å². The number of hydrogen-bond donors (Lipinski definition) is 2. The molecular formula is C15H18N4. The summed E-state index contributed by atoms with van der Waals surface area (Å²) >= 11 is 0. The minimum atomic E-state index is 0.773. The zero-order valence-electron chi connectivity index (χ0n) is 11.5. The van der Waals surface area contributed by atoms with Crippen LogP contribution in [0.4, 0.5) is 0 Å². The molecule has 2 heterocycles. The second-order valence-electron chi connectivity index (χ2n) is 4.85. The van der Waals surface area contributed by atoms with Crippen molar-refractivity contribution >= 4 is 10.9 Å². The van der Waals surface area contributed by atoms with E-state index in [-0.39, 0.29) is 0 Å². The van der Waals surface area contributed by atoms with Gasteiger partial charge in [-0.05, 0) is 20.0 Å². The van der Waals surface area contributed by atoms with Crippen LogP contribution in [0.2, 0.25) is 0 Å². The van der Waals surface area contributed by atoms with Gasteiger partial charge in [0, 0.05) is 35.8 Å². The molecule has 0 aliphatic carbocycles. The molecule has 0 bridgehead atoms. The first-order chi connectivity index (χ1) is 9.22. The molecule has 19 heavy (non-hydrogen) atoms. The lowest BCUT2D eigenvalue weighted by Gasteiger charge is -2.06. The molecule has 0 spiro atoms. The summed E-state index contributed by atoms with van der Waals surface area (Å²) in [4.78, 5) is 7.95. The van der Waals surface area contributed by atoms with Crippen molar-refractivity contribution in [2.24, 2.45) is 7.05 Å². The second-order valence-corrected chi connectivity index (χ2v) is 4.85. The predicted molar refractivity (Wildman–Crippen MR) is 78.0 cm³/mol. The standard InChI is InChI=1S/C15H18N4/c1-10-14(11-6-4-5-7-12(11)18-10)15-13(8-16-2)17-9-19(15)3/h4-7,9,16,18H,8H2,1-3H3. The van der Waals surface area contributed by atoms with Gasteiger partial charge in [-0.2, -0.15) is 0 Å². The Labute approximate surface area is 112 Å². The minimum absolute atomic E-state index is 0.773. The molecule has 98 valence electrons. The number of rotatable bonds is 3. The van der Waals surface area contributed by atoms with Gasteiger partial charge in [0.25, 0.3) is 0 Å². The van der Waals surface area contributed by atoms with Crippen LogP contribution in [0.15, 0.2) is 30.6 Å². The summed E-state index contributed by atoms with van der Waals surface area (Å²) in [6.07, 6.45) is 1.88. The molecule has 0 saturated carbocycles. The number of H-pyrrole nitrogens is 1. The molecule has 0 aliphatic rings. The number of nitrogens with one attached hydrogen (secondary N) is 2. The molecule has 2 N–H and O–H groups in total. The number of hydrogen-bond acceptors (Lipinski definition) is 2. The van der Waals surface area contributed by atoms with Crippen molar-refractivity contribution < 1.29 is 0 Å². The van der Waals surface area contributed by atoms with Crippen LogP contribution in [0.25, 0.3) is 22.2 Å². The number of benzene rings is 1. The lowest BCUT2D eigenvalue weighted by Crippen LogP contribution is -2.07. The molecule has 0 fully saturated rings. The molecule has 0 aliphatic heterocycles. The Kier molecular flexibility index (Phi) is 2.87. The maximum absolute atomic E-state index is 4.50. The van der Waals surface area contributed by atoms with E-state index in [4.69, 9.17) is 0 Å². The summed E-state index contributed by atoms with van der Waals surface area (Å²) < 4.78 is 2.09. The largest absolute Gasteiger partial charge is 0.358 e. The van der Waals surface area contributed by atoms with Gasteiger partial charge in [0.1, 0.15) is 0 Å². The van der Waals surface area contributed by atoms with Crippen molar-refractivity contribution in [1.82, 2.24) is 19.9 Å². The minimum Gasteiger partial charge on any atom is -0.358 e. The highest BCUT2D eigenvalue weighted by Crippen LogP contribution is 2.33. The van der Waals surface area contributed by atoms with Crippen LogP contribution < -0.4 is 5.32 Å². The number of para-hydroxylation sites is 1. The van der Waals surface area contributed by atoms with Crippen molar-refractivity contribution in [3.8, 4) is 11.3 Å². The Morgan fingerprint density at radius 2 is 2.11 bits per heavy atom. The first-order valence-electron chi connectivity index (χ1n) is 6.45. The van der Waals surface area contributed by atoms with Crippen molar-refractivity contribution in [2.45, 2.75) is 13.5 Å². The molecule has 0 radical (unpaired) electrons. The van der Waals surface area contributed by atoms with Gasteiger partial charge in [0.15, 0.2) is 0 Å². The van der Waals surface area contributed by atoms with E-state index in [1.54, 1.807) is 0 Å². The van der Waals surface area contributed by atoms with Crippen molar-refractivity contribution in [1.29, 1.82) is 0 Å². The van der Waals surface area contributed by atoms with E-state index in [9.17, 15) is 0 Å². The SMILES string of the molecule is CNCc1ncn(C)c1-c1c(C)[nH]c2ccccc12. The summed E-state index contributed by atoms with van der Waals surface area (Å²) in [5.41, 5.74) is 5.87. The van der Waals surface area contributed by atoms with Crippen LogP contribution >= 0.6 is 0 Å². The molecule has 0 unspecified atom stereocenters. The average molecular weight is 254 g/mol. The summed E-state index contributed by atoms with van der Waals surface area (Å²) in [5, 5.41) is 4.43. The summed E-state index contributed by atoms with van der Waals surface area (Å²) in [6, 6.07) is 8.40. The number of fused-ring (bicyclic) bond motifs is 1. The lowest BCUT2D eigenvalue weighted by molar-refractivity contribution is 0.797. The van der Waals surface area contributed by atoms with E-state index in [1.165, 1.54) is 27.9 Å². The van der Waals surface area contributed by atoms with Gasteiger partial charge in [0.05, 0.1) is 17.7 Å². The molecule has 0 atom stereocenters. The predicted octanol–water partition coefficient (Wildman–Crippen LogP) is 2.60. The van der Waals surface area contributed by atoms with E-state index >= 15 is 0 Å². The highest BCUT2D eigenvalue weighted by molar-refractivity contribution is 5.97. The number of aromatic nitrogens is 3. The van der Waals surface area contributed by atoms with E-state index in [0.717, 1.165) is 12.2 Å². The summed E-state index contributed by atoms with van der Waals surface area (Å²) in [5.74, 6) is 0. The third-order valence-corrected chi connectivity index (χ3v) is 3.49. The summed E-state index contributed by atoms with van der Waals surface area (Å²) in [7, 11) is 3.99. The van der Waals surface area contributed by atoms with Crippen LogP contribution in [-0.4, -0.2) is 21.6 Å². The molecule has 3 rings (SSSR count). The molecule has 3 aromatic rings. The first-order valence-corrected chi connectivity index (χ1v) is 6.45. The van der Waals surface area contributed by atoms with Crippen molar-refractivity contribution in [3.63, 3.8) is 0 Å². The Morgan fingerprint density at radius 1 is 1.32 bits per heavy atom. The molecule has 1 aromatic carbocycles. The molecular weight excluding hydrogens is 236 g/mol. The fraction of sp³-hybridized carbons (Fsp3) is 0.267. The molecule has 0 amide bonds. The normalized spacial score (nSPS) is 11.3. The fourth-order valence-corrected chi connectivity index (χ4v) is 2.68. The third kappa shape index (κ3) is 1.85. The van der Waals surface area contributed by atoms with Crippen LogP contribution in [0.5, 0.6) is 0 Å². The molecule has 0 saturated heterocycles. The highest BCUT2D eigenvalue weighted by Gasteiger charge is 2.17. The topological polar surface area (TPSA) is 45.6 Å². The number of aromatic amines is 1. The van der Waals surface area contributed by atoms with Gasteiger partial charge in [-0.1, -0.05) is 18.2 Å². The van der Waals surface area contributed by atoms with Gasteiger partial charge >= 0.3 is 0 Å². The lowest BCUT2D eigenvalue weighted by atomic mass is 10.1. The van der Waals surface area contributed by atoms with Crippen molar-refractivity contribution in [3.05, 3.63) is 42.0 Å². The van der Waals surface area contributed by atoms with Gasteiger partial charge in [-0.3, -0.25) is 0 Å². The monoisotopic (exact) mass is 254 g/mol. The quantitative estimate of drug-likeness (QED) is 0.754. The number of nitrogens with zero attached hydrogens (tertiary/aromatic N) is 2. The van der Waals surface area contributed by atoms with E-state index in [0.29, 0.717) is 0 Å². The zero-order valence-corrected chi connectivity index (χ0v) is 11.5. The number of imidazole rings is 1. The smallest absolute Gasteiger partial charge is 0.0952 e. The van der Waals surface area contributed by atoms with Gasteiger partial charge in [0.2, 0.25) is 0 Å². The van der Waals surface area contributed by atoms with E-state index in [1.807, 2.05) is 20.4 Å². The maximum Gasteiger partial charge on any atom is 0.0952 e. The van der Waals surface area contributed by atoms with Crippen LogP contribution in [0, 0.1) is 6.92 Å². The maximum atomic E-state index is 4.50. The highest BCUT2D eigenvalue weighted by atomic mass is 15.0. The Bertz CT molecular complexity index is 721. The Morgan fingerprint density at radius 3 is 2.89 bits per heavy atom. The summed E-state index contributed by atoms with van der Waals surface area (Å²) in [6.45, 7) is 2.89. The second kappa shape index (κ2) is 4.55. The fourth-order valence-electron chi connectivity index (χ4n) is 2.68. The zero-order chi connectivity index (χ0) is 13.4. The molecule has 4 heteroatoms. The van der Waals surface area contributed by atoms with E-state index in [2.05, 4.69) is 51.0 Å². The average Bonchev–Trinajstić information content (AvgIpc) is 2.90. The van der Waals surface area contributed by atoms with Gasteiger partial charge in [-0.25, -0.2) is 4.98 Å². The van der Waals surface area contributed by atoms with Crippen LogP contribution in [0.1, 0.15) is 11.4 Å². The Balaban J connectivity index is 2.30. The van der Waals surface area contributed by atoms with E-state index < -0.39 is 0 Å². The van der Waals surface area contributed by atoms with Crippen LogP contribution in [0.3, 0.4) is 0 Å². The molecule has 4 nitrogen and oxygen atoms in total.